The van der Waals surface area contributed by atoms with Crippen LogP contribution in [0.1, 0.15) is 26.3 Å². The number of nitrogens with zero attached hydrogens (tertiary/aromatic N) is 3. The second-order valence-corrected chi connectivity index (χ2v) is 7.27. The van der Waals surface area contributed by atoms with Gasteiger partial charge < -0.3 is 24.2 Å². The molecule has 3 aliphatic rings. The molecule has 2 saturated heterocycles. The van der Waals surface area contributed by atoms with Gasteiger partial charge in [-0.2, -0.15) is 0 Å². The van der Waals surface area contributed by atoms with Crippen LogP contribution >= 0.6 is 11.6 Å². The molecule has 7 nitrogen and oxygen atoms in total. The molecule has 23 heavy (non-hydrogen) atoms. The highest BCUT2D eigenvalue weighted by Gasteiger charge is 2.62. The molecule has 0 radical (unpaired) electrons. The number of aromatic nitrogens is 2. The Balaban J connectivity index is 1.70. The third-order valence-electron chi connectivity index (χ3n) is 4.77. The van der Waals surface area contributed by atoms with Gasteiger partial charge in [0.15, 0.2) is 12.0 Å². The molecule has 8 heteroatoms. The van der Waals surface area contributed by atoms with Crippen LogP contribution in [0.5, 0.6) is 0 Å². The van der Waals surface area contributed by atoms with E-state index in [4.69, 9.17) is 25.8 Å². The van der Waals surface area contributed by atoms with Gasteiger partial charge in [-0.3, -0.25) is 0 Å². The van der Waals surface area contributed by atoms with Crippen LogP contribution in [0, 0.1) is 0 Å². The fraction of sp³-hybridized carbons (Fsp3) is 0.733. The summed E-state index contributed by atoms with van der Waals surface area (Å²) in [6.45, 7) is 6.16. The van der Waals surface area contributed by atoms with E-state index in [1.807, 2.05) is 25.7 Å². The van der Waals surface area contributed by atoms with Crippen LogP contribution in [0.15, 0.2) is 6.33 Å². The Labute approximate surface area is 139 Å². The largest absolute Gasteiger partial charge is 0.393 e. The maximum atomic E-state index is 9.82. The van der Waals surface area contributed by atoms with Gasteiger partial charge in [-0.05, 0) is 27.2 Å². The van der Waals surface area contributed by atoms with Gasteiger partial charge in [0.1, 0.15) is 35.1 Å². The highest BCUT2D eigenvalue weighted by Crippen LogP contribution is 2.46. The minimum atomic E-state index is -0.817. The number of rotatable bonds is 2. The van der Waals surface area contributed by atoms with Crippen molar-refractivity contribution in [3.8, 4) is 0 Å². The molecule has 1 unspecified atom stereocenters. The first kappa shape index (κ1) is 15.5. The number of ether oxygens (including phenoxy) is 3. The Morgan fingerprint density at radius 3 is 2.83 bits per heavy atom. The SMILES string of the molecule is CC1(C)O[C@H]2[C@H](N3CCc4c(Cl)ncnc43)OC(C)(CO)[C@H]2O1. The van der Waals surface area contributed by atoms with E-state index in [0.29, 0.717) is 11.7 Å². The molecule has 0 aliphatic carbocycles. The lowest BCUT2D eigenvalue weighted by Gasteiger charge is -2.33. The zero-order chi connectivity index (χ0) is 16.4. The van der Waals surface area contributed by atoms with Gasteiger partial charge in [0.2, 0.25) is 0 Å². The van der Waals surface area contributed by atoms with Crippen LogP contribution in [0.2, 0.25) is 5.15 Å². The zero-order valence-electron chi connectivity index (χ0n) is 13.3. The van der Waals surface area contributed by atoms with Crippen LogP contribution in [0.25, 0.3) is 0 Å². The minimum absolute atomic E-state index is 0.144. The van der Waals surface area contributed by atoms with E-state index in [1.54, 1.807) is 0 Å². The zero-order valence-corrected chi connectivity index (χ0v) is 14.1. The quantitative estimate of drug-likeness (QED) is 0.808. The predicted octanol–water partition coefficient (Wildman–Crippen LogP) is 1.12. The third-order valence-corrected chi connectivity index (χ3v) is 5.09. The molecular formula is C15H20ClN3O4. The Hall–Kier alpha value is -0.990. The Kier molecular flexibility index (Phi) is 3.38. The van der Waals surface area contributed by atoms with Crippen molar-refractivity contribution in [1.29, 1.82) is 0 Å². The summed E-state index contributed by atoms with van der Waals surface area (Å²) >= 11 is 6.17. The molecule has 1 aromatic heterocycles. The van der Waals surface area contributed by atoms with Crippen molar-refractivity contribution in [1.82, 2.24) is 9.97 Å². The monoisotopic (exact) mass is 341 g/mol. The number of anilines is 1. The second-order valence-electron chi connectivity index (χ2n) is 6.91. The summed E-state index contributed by atoms with van der Waals surface area (Å²) in [4.78, 5) is 10.4. The molecule has 0 aromatic carbocycles. The number of halogens is 1. The molecule has 0 spiro atoms. The predicted molar refractivity (Wildman–Crippen MR) is 82.3 cm³/mol. The molecule has 4 atom stereocenters. The number of aliphatic hydroxyl groups is 1. The van der Waals surface area contributed by atoms with Crippen molar-refractivity contribution in [3.05, 3.63) is 17.0 Å². The Morgan fingerprint density at radius 2 is 2.09 bits per heavy atom. The maximum absolute atomic E-state index is 9.82. The molecule has 0 bridgehead atoms. The van der Waals surface area contributed by atoms with Crippen molar-refractivity contribution in [2.45, 2.75) is 57.0 Å². The fourth-order valence-corrected chi connectivity index (χ4v) is 3.90. The molecule has 0 saturated carbocycles. The number of fused-ring (bicyclic) bond motifs is 2. The molecule has 4 rings (SSSR count). The first-order valence-corrected chi connectivity index (χ1v) is 8.13. The summed E-state index contributed by atoms with van der Waals surface area (Å²) in [5.74, 6) is 0.0592. The summed E-state index contributed by atoms with van der Waals surface area (Å²) in [5.41, 5.74) is 0.105. The summed E-state index contributed by atoms with van der Waals surface area (Å²) < 4.78 is 18.2. The van der Waals surface area contributed by atoms with Crippen molar-refractivity contribution < 1.29 is 19.3 Å². The molecule has 2 fully saturated rings. The summed E-state index contributed by atoms with van der Waals surface area (Å²) in [6, 6.07) is 0. The van der Waals surface area contributed by atoms with Gasteiger partial charge in [-0.15, -0.1) is 0 Å². The molecule has 126 valence electrons. The third kappa shape index (κ3) is 2.26. The van der Waals surface area contributed by atoms with E-state index in [9.17, 15) is 5.11 Å². The van der Waals surface area contributed by atoms with Crippen LogP contribution in [0.4, 0.5) is 5.82 Å². The van der Waals surface area contributed by atoms with Crippen molar-refractivity contribution in [3.63, 3.8) is 0 Å². The normalized spacial score (nSPS) is 38.0. The smallest absolute Gasteiger partial charge is 0.164 e. The average Bonchev–Trinajstić information content (AvgIpc) is 3.12. The average molecular weight is 342 g/mol. The maximum Gasteiger partial charge on any atom is 0.164 e. The van der Waals surface area contributed by atoms with E-state index in [0.717, 1.165) is 17.8 Å². The van der Waals surface area contributed by atoms with Crippen LogP contribution in [-0.4, -0.2) is 58.1 Å². The molecule has 0 amide bonds. The van der Waals surface area contributed by atoms with Crippen LogP contribution in [0.3, 0.4) is 0 Å². The summed E-state index contributed by atoms with van der Waals surface area (Å²) in [5, 5.41) is 10.3. The number of hydrogen-bond acceptors (Lipinski definition) is 7. The van der Waals surface area contributed by atoms with Gasteiger partial charge >= 0.3 is 0 Å². The Morgan fingerprint density at radius 1 is 1.30 bits per heavy atom. The van der Waals surface area contributed by atoms with Gasteiger partial charge in [0.25, 0.3) is 0 Å². The molecule has 1 N–H and O–H groups in total. The first-order chi connectivity index (χ1) is 10.8. The van der Waals surface area contributed by atoms with Crippen LogP contribution in [-0.2, 0) is 20.6 Å². The summed E-state index contributed by atoms with van der Waals surface area (Å²) in [6.07, 6.45) is 1.18. The van der Waals surface area contributed by atoms with Gasteiger partial charge in [-0.25, -0.2) is 9.97 Å². The fourth-order valence-electron chi connectivity index (χ4n) is 3.68. The second kappa shape index (κ2) is 5.00. The highest BCUT2D eigenvalue weighted by molar-refractivity contribution is 6.30. The van der Waals surface area contributed by atoms with Gasteiger partial charge in [0, 0.05) is 12.1 Å². The van der Waals surface area contributed by atoms with Gasteiger partial charge in [0.05, 0.1) is 6.61 Å². The number of aliphatic hydroxyl groups excluding tert-OH is 1. The molecular weight excluding hydrogens is 322 g/mol. The lowest BCUT2D eigenvalue weighted by atomic mass is 9.98. The van der Waals surface area contributed by atoms with E-state index in [-0.39, 0.29) is 25.0 Å². The Bertz CT molecular complexity index is 643. The highest BCUT2D eigenvalue weighted by atomic mass is 35.5. The standard InChI is InChI=1S/C15H20ClN3O4/c1-14(2)21-9-10(22-14)15(3,6-20)23-13(9)19-5-4-8-11(16)17-7-18-12(8)19/h7,9-10,13,20H,4-6H2,1-3H3/t9-,10+,13-,15?/m1/s1. The van der Waals surface area contributed by atoms with Crippen molar-refractivity contribution in [2.24, 2.45) is 0 Å². The lowest BCUT2D eigenvalue weighted by Crippen LogP contribution is -2.44. The lowest BCUT2D eigenvalue weighted by molar-refractivity contribution is -0.211. The van der Waals surface area contributed by atoms with E-state index in [1.165, 1.54) is 6.33 Å². The number of hydrogen-bond donors (Lipinski definition) is 1. The van der Waals surface area contributed by atoms with Crippen LogP contribution < -0.4 is 4.90 Å². The van der Waals surface area contributed by atoms with E-state index >= 15 is 0 Å². The molecule has 1 aromatic rings. The topological polar surface area (TPSA) is 76.9 Å². The summed E-state index contributed by atoms with van der Waals surface area (Å²) in [7, 11) is 0. The van der Waals surface area contributed by atoms with E-state index in [2.05, 4.69) is 9.97 Å². The molecule has 3 aliphatic heterocycles. The van der Waals surface area contributed by atoms with Crippen molar-refractivity contribution in [2.75, 3.05) is 18.1 Å². The van der Waals surface area contributed by atoms with E-state index < -0.39 is 11.4 Å². The minimum Gasteiger partial charge on any atom is -0.393 e. The first-order valence-electron chi connectivity index (χ1n) is 7.75. The van der Waals surface area contributed by atoms with Gasteiger partial charge in [-0.1, -0.05) is 11.6 Å². The van der Waals surface area contributed by atoms with Crippen molar-refractivity contribution >= 4 is 17.4 Å². The molecule has 4 heterocycles.